The van der Waals surface area contributed by atoms with Crippen molar-refractivity contribution in [1.82, 2.24) is 4.90 Å². The highest BCUT2D eigenvalue weighted by molar-refractivity contribution is 5.86. The molecule has 2 aromatic rings. The van der Waals surface area contributed by atoms with E-state index in [1.54, 1.807) is 7.11 Å². The fourth-order valence-electron chi connectivity index (χ4n) is 3.89. The van der Waals surface area contributed by atoms with Gasteiger partial charge in [0.1, 0.15) is 17.9 Å². The summed E-state index contributed by atoms with van der Waals surface area (Å²) >= 11 is 0. The molecule has 0 aliphatic carbocycles. The number of piperidine rings is 1. The van der Waals surface area contributed by atoms with Gasteiger partial charge in [-0.1, -0.05) is 6.92 Å². The molecular formula is C23H31NO6. The predicted molar refractivity (Wildman–Crippen MR) is 114 cm³/mol. The molecule has 0 spiro atoms. The fourth-order valence-corrected chi connectivity index (χ4v) is 3.89. The number of carbonyl (C=O) groups is 1. The minimum Gasteiger partial charge on any atom is -0.507 e. The van der Waals surface area contributed by atoms with E-state index in [1.807, 2.05) is 13.0 Å². The number of rotatable bonds is 8. The molecule has 1 aromatic carbocycles. The number of hydrogen-bond acceptors (Lipinski definition) is 7. The maximum absolute atomic E-state index is 12.0. The maximum atomic E-state index is 12.0. The number of phenolic OH excluding ortho intramolecular Hbond substituents is 1. The topological polar surface area (TPSA) is 89.2 Å². The summed E-state index contributed by atoms with van der Waals surface area (Å²) in [6.45, 7) is 7.05. The van der Waals surface area contributed by atoms with Gasteiger partial charge in [0.05, 0.1) is 12.2 Å². The van der Waals surface area contributed by atoms with Crippen LogP contribution in [0.1, 0.15) is 42.9 Å². The van der Waals surface area contributed by atoms with Gasteiger partial charge in [-0.3, -0.25) is 9.69 Å². The van der Waals surface area contributed by atoms with Crippen LogP contribution in [0.3, 0.4) is 0 Å². The first-order valence-electron chi connectivity index (χ1n) is 10.5. The Kier molecular flexibility index (Phi) is 7.50. The molecule has 1 aromatic heterocycles. The number of carbonyl (C=O) groups excluding carboxylic acids is 1. The number of phenols is 1. The molecule has 0 bridgehead atoms. The van der Waals surface area contributed by atoms with Gasteiger partial charge in [0, 0.05) is 31.5 Å². The number of esters is 1. The van der Waals surface area contributed by atoms with Crippen molar-refractivity contribution >= 4 is 16.9 Å². The summed E-state index contributed by atoms with van der Waals surface area (Å²) in [4.78, 5) is 26.3. The van der Waals surface area contributed by atoms with E-state index in [2.05, 4.69) is 11.8 Å². The summed E-state index contributed by atoms with van der Waals surface area (Å²) in [6.07, 6.45) is 2.71. The number of aromatic hydroxyl groups is 1. The second kappa shape index (κ2) is 10.1. The Morgan fingerprint density at radius 2 is 2.00 bits per heavy atom. The lowest BCUT2D eigenvalue weighted by atomic mass is 9.96. The molecular weight excluding hydrogens is 386 g/mol. The highest BCUT2D eigenvalue weighted by Gasteiger charge is 2.22. The number of fused-ring (bicyclic) bond motifs is 1. The molecule has 0 saturated carbocycles. The van der Waals surface area contributed by atoms with Crippen LogP contribution in [0.4, 0.5) is 0 Å². The lowest BCUT2D eigenvalue weighted by molar-refractivity contribution is -0.144. The summed E-state index contributed by atoms with van der Waals surface area (Å²) < 4.78 is 15.5. The molecule has 3 rings (SSSR count). The molecule has 1 fully saturated rings. The zero-order valence-corrected chi connectivity index (χ0v) is 18.0. The highest BCUT2D eigenvalue weighted by Crippen LogP contribution is 2.34. The van der Waals surface area contributed by atoms with Gasteiger partial charge < -0.3 is 19.0 Å². The van der Waals surface area contributed by atoms with Crippen LogP contribution in [-0.2, 0) is 27.2 Å². The number of methoxy groups -OCH3 is 1. The van der Waals surface area contributed by atoms with Gasteiger partial charge in [-0.25, -0.2) is 4.79 Å². The number of nitrogens with zero attached hydrogens (tertiary/aromatic N) is 1. The Bertz CT molecular complexity index is 943. The fraction of sp³-hybridized carbons (Fsp3) is 0.565. The molecule has 1 saturated heterocycles. The molecule has 0 amide bonds. The number of likely N-dealkylation sites (tertiary alicyclic amines) is 1. The zero-order chi connectivity index (χ0) is 21.7. The lowest BCUT2D eigenvalue weighted by Crippen LogP contribution is -2.32. The molecule has 7 nitrogen and oxygen atoms in total. The van der Waals surface area contributed by atoms with Gasteiger partial charge in [-0.2, -0.15) is 0 Å². The first-order chi connectivity index (χ1) is 14.4. The van der Waals surface area contributed by atoms with E-state index in [-0.39, 0.29) is 24.7 Å². The van der Waals surface area contributed by atoms with Crippen molar-refractivity contribution in [3.05, 3.63) is 39.2 Å². The van der Waals surface area contributed by atoms with Crippen molar-refractivity contribution in [1.29, 1.82) is 0 Å². The third-order valence-corrected chi connectivity index (χ3v) is 5.80. The summed E-state index contributed by atoms with van der Waals surface area (Å²) in [5, 5.41) is 11.8. The van der Waals surface area contributed by atoms with Crippen LogP contribution >= 0.6 is 0 Å². The van der Waals surface area contributed by atoms with E-state index in [9.17, 15) is 14.7 Å². The number of aryl methyl sites for hydroxylation is 2. The van der Waals surface area contributed by atoms with Crippen LogP contribution in [0.5, 0.6) is 5.75 Å². The molecule has 1 aliphatic rings. The Morgan fingerprint density at radius 3 is 2.70 bits per heavy atom. The molecule has 1 aliphatic heterocycles. The van der Waals surface area contributed by atoms with Crippen LogP contribution in [0.25, 0.3) is 11.0 Å². The third kappa shape index (κ3) is 5.40. The van der Waals surface area contributed by atoms with Gasteiger partial charge in [0.25, 0.3) is 0 Å². The first kappa shape index (κ1) is 22.3. The van der Waals surface area contributed by atoms with Crippen LogP contribution in [0.2, 0.25) is 0 Å². The third-order valence-electron chi connectivity index (χ3n) is 5.80. The zero-order valence-electron chi connectivity index (χ0n) is 18.0. The Labute approximate surface area is 176 Å². The van der Waals surface area contributed by atoms with Gasteiger partial charge in [-0.15, -0.1) is 0 Å². The second-order valence-corrected chi connectivity index (χ2v) is 8.16. The number of ether oxygens (including phenoxy) is 2. The Balaban J connectivity index is 1.89. The lowest BCUT2D eigenvalue weighted by Gasteiger charge is -2.30. The molecule has 0 atom stereocenters. The Morgan fingerprint density at radius 1 is 1.27 bits per heavy atom. The molecule has 30 heavy (non-hydrogen) atoms. The standard InChI is InChI=1S/C23H31NO6/c1-15-6-8-24(9-7-15)14-19-22(27)17(4-5-20(25)29-11-10-28-3)13-18-16(2)12-21(26)30-23(18)19/h12-13,15,27H,4-11,14H2,1-3H3. The van der Waals surface area contributed by atoms with Crippen molar-refractivity contribution < 1.29 is 23.8 Å². The van der Waals surface area contributed by atoms with Crippen molar-refractivity contribution in [2.24, 2.45) is 5.92 Å². The molecule has 0 radical (unpaired) electrons. The van der Waals surface area contributed by atoms with Crippen LogP contribution in [-0.4, -0.2) is 49.4 Å². The maximum Gasteiger partial charge on any atom is 0.336 e. The van der Waals surface area contributed by atoms with Crippen LogP contribution in [0, 0.1) is 12.8 Å². The van der Waals surface area contributed by atoms with Gasteiger partial charge >= 0.3 is 11.6 Å². The Hall–Kier alpha value is -2.38. The van der Waals surface area contributed by atoms with Crippen molar-refractivity contribution in [2.75, 3.05) is 33.4 Å². The van der Waals surface area contributed by atoms with E-state index in [1.165, 1.54) is 6.07 Å². The first-order valence-corrected chi connectivity index (χ1v) is 10.5. The molecule has 164 valence electrons. The summed E-state index contributed by atoms with van der Waals surface area (Å²) in [5.74, 6) is 0.455. The predicted octanol–water partition coefficient (Wildman–Crippen LogP) is 3.16. The number of hydrogen-bond donors (Lipinski definition) is 1. The van der Waals surface area contributed by atoms with Crippen molar-refractivity contribution in [3.63, 3.8) is 0 Å². The van der Waals surface area contributed by atoms with E-state index >= 15 is 0 Å². The minimum absolute atomic E-state index is 0.0968. The quantitative estimate of drug-likeness (QED) is 0.401. The SMILES string of the molecule is COCCOC(=O)CCc1cc2c(C)cc(=O)oc2c(CN2CCC(C)CC2)c1O. The van der Waals surface area contributed by atoms with E-state index in [0.29, 0.717) is 42.2 Å². The largest absolute Gasteiger partial charge is 0.507 e. The summed E-state index contributed by atoms with van der Waals surface area (Å²) in [6, 6.07) is 3.27. The molecule has 0 unspecified atom stereocenters. The molecule has 2 heterocycles. The number of benzene rings is 1. The average Bonchev–Trinajstić information content (AvgIpc) is 2.71. The average molecular weight is 418 g/mol. The van der Waals surface area contributed by atoms with Crippen LogP contribution < -0.4 is 5.63 Å². The summed E-state index contributed by atoms with van der Waals surface area (Å²) in [5.41, 5.74) is 2.07. The smallest absolute Gasteiger partial charge is 0.336 e. The molecule has 7 heteroatoms. The normalized spacial score (nSPS) is 15.6. The monoisotopic (exact) mass is 417 g/mol. The van der Waals surface area contributed by atoms with E-state index in [4.69, 9.17) is 13.9 Å². The minimum atomic E-state index is -0.428. The van der Waals surface area contributed by atoms with Gasteiger partial charge in [0.15, 0.2) is 0 Å². The summed E-state index contributed by atoms with van der Waals surface area (Å²) in [7, 11) is 1.55. The van der Waals surface area contributed by atoms with Crippen molar-refractivity contribution in [2.45, 2.75) is 46.1 Å². The highest BCUT2D eigenvalue weighted by atomic mass is 16.6. The van der Waals surface area contributed by atoms with Gasteiger partial charge in [-0.05, 0) is 62.4 Å². The van der Waals surface area contributed by atoms with Crippen LogP contribution in [0.15, 0.2) is 21.3 Å². The van der Waals surface area contributed by atoms with E-state index < -0.39 is 5.63 Å². The second-order valence-electron chi connectivity index (χ2n) is 8.16. The van der Waals surface area contributed by atoms with Gasteiger partial charge in [0.2, 0.25) is 0 Å². The molecule has 1 N–H and O–H groups in total. The van der Waals surface area contributed by atoms with E-state index in [0.717, 1.165) is 36.9 Å². The van der Waals surface area contributed by atoms with Crippen molar-refractivity contribution in [3.8, 4) is 5.75 Å².